The van der Waals surface area contributed by atoms with Crippen molar-refractivity contribution in [3.05, 3.63) is 35.4 Å². The number of likely N-dealkylation sites (N-methyl/N-ethyl adjacent to an activating group) is 1. The molecule has 0 spiro atoms. The fourth-order valence-electron chi connectivity index (χ4n) is 1.76. The van der Waals surface area contributed by atoms with Crippen molar-refractivity contribution in [2.45, 2.75) is 32.1 Å². The number of carbonyl (C=O) groups excluding carboxylic acids is 1. The summed E-state index contributed by atoms with van der Waals surface area (Å²) >= 11 is 1.92. The summed E-state index contributed by atoms with van der Waals surface area (Å²) in [4.78, 5) is 13.6. The van der Waals surface area contributed by atoms with Gasteiger partial charge in [0.1, 0.15) is 0 Å². The van der Waals surface area contributed by atoms with E-state index in [1.807, 2.05) is 37.7 Å². The number of thioether (sulfide) groups is 1. The molecule has 1 rings (SSSR count). The van der Waals surface area contributed by atoms with E-state index in [1.165, 1.54) is 11.1 Å². The summed E-state index contributed by atoms with van der Waals surface area (Å²) in [6, 6.07) is 8.56. The van der Waals surface area contributed by atoms with Gasteiger partial charge in [0.25, 0.3) is 0 Å². The molecule has 3 nitrogen and oxygen atoms in total. The Hall–Kier alpha value is -1.00. The Labute approximate surface area is 127 Å². The summed E-state index contributed by atoms with van der Waals surface area (Å²) in [5, 5.41) is 2.98. The zero-order valence-corrected chi connectivity index (χ0v) is 13.8. The molecule has 4 heteroatoms. The number of amides is 1. The van der Waals surface area contributed by atoms with Crippen molar-refractivity contribution in [1.82, 2.24) is 10.2 Å². The Morgan fingerprint density at radius 2 is 2.15 bits per heavy atom. The van der Waals surface area contributed by atoms with Crippen LogP contribution in [-0.4, -0.2) is 43.2 Å². The number of nitrogens with zero attached hydrogens (tertiary/aromatic N) is 1. The minimum Gasteiger partial charge on any atom is -0.355 e. The lowest BCUT2D eigenvalue weighted by atomic mass is 10.2. The average molecular weight is 294 g/mol. The fourth-order valence-corrected chi connectivity index (χ4v) is 2.67. The van der Waals surface area contributed by atoms with Crippen LogP contribution in [0.2, 0.25) is 0 Å². The molecule has 0 aliphatic carbocycles. The lowest BCUT2D eigenvalue weighted by molar-refractivity contribution is -0.124. The van der Waals surface area contributed by atoms with Gasteiger partial charge in [-0.2, -0.15) is 11.8 Å². The standard InChI is InChI=1S/C16H26N2OS/c1-13-7-5-8-15(11-13)12-20-10-6-9-17-16(19)14(2)18(3)4/h5,7-8,11,14H,6,9-10,12H2,1-4H3,(H,17,19)/t14-/m0/s1. The molecule has 1 N–H and O–H groups in total. The number of hydrogen-bond donors (Lipinski definition) is 1. The molecule has 0 heterocycles. The van der Waals surface area contributed by atoms with Crippen LogP contribution in [0, 0.1) is 6.92 Å². The molecule has 1 aromatic rings. The lowest BCUT2D eigenvalue weighted by Crippen LogP contribution is -2.41. The van der Waals surface area contributed by atoms with Gasteiger partial charge < -0.3 is 5.32 Å². The molecular weight excluding hydrogens is 268 g/mol. The molecule has 0 bridgehead atoms. The molecule has 1 aromatic carbocycles. The van der Waals surface area contributed by atoms with Gasteiger partial charge in [-0.3, -0.25) is 9.69 Å². The van der Waals surface area contributed by atoms with E-state index < -0.39 is 0 Å². The van der Waals surface area contributed by atoms with Crippen molar-refractivity contribution < 1.29 is 4.79 Å². The van der Waals surface area contributed by atoms with E-state index in [9.17, 15) is 4.79 Å². The molecule has 112 valence electrons. The number of nitrogens with one attached hydrogen (secondary N) is 1. The molecule has 0 saturated heterocycles. The second-order valence-electron chi connectivity index (χ2n) is 5.33. The van der Waals surface area contributed by atoms with Crippen molar-refractivity contribution in [2.75, 3.05) is 26.4 Å². The molecule has 0 aromatic heterocycles. The van der Waals surface area contributed by atoms with Gasteiger partial charge in [0, 0.05) is 12.3 Å². The van der Waals surface area contributed by atoms with Crippen LogP contribution in [0.4, 0.5) is 0 Å². The van der Waals surface area contributed by atoms with Gasteiger partial charge in [0.05, 0.1) is 6.04 Å². The highest BCUT2D eigenvalue weighted by Crippen LogP contribution is 2.13. The van der Waals surface area contributed by atoms with E-state index in [1.54, 1.807) is 0 Å². The second kappa shape index (κ2) is 9.03. The van der Waals surface area contributed by atoms with E-state index in [4.69, 9.17) is 0 Å². The Bertz CT molecular complexity index is 421. The number of carbonyl (C=O) groups is 1. The van der Waals surface area contributed by atoms with Crippen molar-refractivity contribution in [2.24, 2.45) is 0 Å². The third-order valence-corrected chi connectivity index (χ3v) is 4.38. The van der Waals surface area contributed by atoms with E-state index >= 15 is 0 Å². The maximum Gasteiger partial charge on any atom is 0.237 e. The Kier molecular flexibility index (Phi) is 7.70. The predicted octanol–water partition coefficient (Wildman–Crippen LogP) is 2.68. The van der Waals surface area contributed by atoms with Crippen LogP contribution in [0.25, 0.3) is 0 Å². The quantitative estimate of drug-likeness (QED) is 0.748. The van der Waals surface area contributed by atoms with Crippen LogP contribution in [0.1, 0.15) is 24.5 Å². The molecule has 20 heavy (non-hydrogen) atoms. The van der Waals surface area contributed by atoms with Gasteiger partial charge in [0.2, 0.25) is 5.91 Å². The summed E-state index contributed by atoms with van der Waals surface area (Å²) < 4.78 is 0. The van der Waals surface area contributed by atoms with E-state index in [2.05, 4.69) is 36.5 Å². The van der Waals surface area contributed by atoms with Crippen LogP contribution in [0.15, 0.2) is 24.3 Å². The van der Waals surface area contributed by atoms with Gasteiger partial charge in [-0.15, -0.1) is 0 Å². The van der Waals surface area contributed by atoms with Crippen LogP contribution < -0.4 is 5.32 Å². The summed E-state index contributed by atoms with van der Waals surface area (Å²) in [6.07, 6.45) is 1.02. The number of hydrogen-bond acceptors (Lipinski definition) is 3. The molecule has 0 unspecified atom stereocenters. The SMILES string of the molecule is Cc1cccc(CSCCCNC(=O)[C@H](C)N(C)C)c1. The topological polar surface area (TPSA) is 32.3 Å². The third kappa shape index (κ3) is 6.44. The third-order valence-electron chi connectivity index (χ3n) is 3.27. The molecule has 0 aliphatic heterocycles. The van der Waals surface area contributed by atoms with Crippen LogP contribution >= 0.6 is 11.8 Å². The molecule has 0 aliphatic rings. The predicted molar refractivity (Wildman–Crippen MR) is 88.1 cm³/mol. The minimum atomic E-state index is -0.0602. The summed E-state index contributed by atoms with van der Waals surface area (Å²) in [5.41, 5.74) is 2.69. The normalized spacial score (nSPS) is 12.4. The maximum absolute atomic E-state index is 11.7. The second-order valence-corrected chi connectivity index (χ2v) is 6.43. The van der Waals surface area contributed by atoms with E-state index in [0.717, 1.165) is 24.5 Å². The highest BCUT2D eigenvalue weighted by molar-refractivity contribution is 7.98. The Morgan fingerprint density at radius 3 is 2.80 bits per heavy atom. The molecular formula is C16H26N2OS. The van der Waals surface area contributed by atoms with Crippen molar-refractivity contribution >= 4 is 17.7 Å². The molecule has 0 fully saturated rings. The van der Waals surface area contributed by atoms with Crippen LogP contribution in [-0.2, 0) is 10.5 Å². The Morgan fingerprint density at radius 1 is 1.40 bits per heavy atom. The van der Waals surface area contributed by atoms with Gasteiger partial charge >= 0.3 is 0 Å². The molecule has 0 radical (unpaired) electrons. The first kappa shape index (κ1) is 17.1. The van der Waals surface area contributed by atoms with Crippen LogP contribution in [0.5, 0.6) is 0 Å². The van der Waals surface area contributed by atoms with Gasteiger partial charge in [-0.05, 0) is 45.7 Å². The zero-order chi connectivity index (χ0) is 15.0. The fraction of sp³-hybridized carbons (Fsp3) is 0.562. The van der Waals surface area contributed by atoms with Gasteiger partial charge in [-0.25, -0.2) is 0 Å². The highest BCUT2D eigenvalue weighted by Gasteiger charge is 2.13. The first-order chi connectivity index (χ1) is 9.50. The summed E-state index contributed by atoms with van der Waals surface area (Å²) in [7, 11) is 3.84. The van der Waals surface area contributed by atoms with E-state index in [0.29, 0.717) is 0 Å². The zero-order valence-electron chi connectivity index (χ0n) is 13.0. The maximum atomic E-state index is 11.7. The van der Waals surface area contributed by atoms with Gasteiger partial charge in [-0.1, -0.05) is 29.8 Å². The first-order valence-corrected chi connectivity index (χ1v) is 8.23. The number of rotatable bonds is 8. The summed E-state index contributed by atoms with van der Waals surface area (Å²) in [5.74, 6) is 2.23. The molecule has 0 saturated carbocycles. The van der Waals surface area contributed by atoms with Crippen molar-refractivity contribution in [1.29, 1.82) is 0 Å². The molecule has 1 atom stereocenters. The van der Waals surface area contributed by atoms with Crippen LogP contribution in [0.3, 0.4) is 0 Å². The van der Waals surface area contributed by atoms with Crippen molar-refractivity contribution in [3.8, 4) is 0 Å². The lowest BCUT2D eigenvalue weighted by Gasteiger charge is -2.18. The summed E-state index contributed by atoms with van der Waals surface area (Å²) in [6.45, 7) is 4.80. The van der Waals surface area contributed by atoms with E-state index in [-0.39, 0.29) is 11.9 Å². The smallest absolute Gasteiger partial charge is 0.237 e. The highest BCUT2D eigenvalue weighted by atomic mass is 32.2. The average Bonchev–Trinajstić information content (AvgIpc) is 2.41. The molecule has 1 amide bonds. The number of aryl methyl sites for hydroxylation is 1. The monoisotopic (exact) mass is 294 g/mol. The van der Waals surface area contributed by atoms with Crippen molar-refractivity contribution in [3.63, 3.8) is 0 Å². The minimum absolute atomic E-state index is 0.0602. The largest absolute Gasteiger partial charge is 0.355 e. The van der Waals surface area contributed by atoms with Gasteiger partial charge in [0.15, 0.2) is 0 Å². The first-order valence-electron chi connectivity index (χ1n) is 7.08. The Balaban J connectivity index is 2.09. The number of benzene rings is 1.